The highest BCUT2D eigenvalue weighted by Gasteiger charge is 2.43. The fourth-order valence-electron chi connectivity index (χ4n) is 3.21. The number of carbonyl (C=O) groups is 1. The number of ether oxygens (including phenoxy) is 4. The summed E-state index contributed by atoms with van der Waals surface area (Å²) in [6, 6.07) is 5.74. The van der Waals surface area contributed by atoms with Crippen LogP contribution in [0.4, 0.5) is 4.79 Å². The molecular weight excluding hydrogens is 396 g/mol. The van der Waals surface area contributed by atoms with Crippen LogP contribution >= 0.6 is 0 Å². The fraction of sp³-hybridized carbons (Fsp3) is 0.667. The molecule has 1 aromatic carbocycles. The summed E-state index contributed by atoms with van der Waals surface area (Å²) in [5.74, 6) is 0.796. The third-order valence-corrected chi connectivity index (χ3v) is 4.94. The number of hydrogen-bond acceptors (Lipinski definition) is 9. The standard InChI is InChI=1S/C21H32O9/c1-11(2)13-6-5-7-14(12(3)4)19(13)30-21(26)28-9-8-27-20-18(25)17(24)16(23)15(10-22)29-20/h5-7,11-12,15-18,20,22-25H,8-10H2,1-4H3/t15?,16-,17?,18-,20?/m1/s1. The van der Waals surface area contributed by atoms with Gasteiger partial charge in [-0.1, -0.05) is 45.9 Å². The summed E-state index contributed by atoms with van der Waals surface area (Å²) in [6.07, 6.45) is -7.75. The molecule has 9 nitrogen and oxygen atoms in total. The zero-order chi connectivity index (χ0) is 22.4. The van der Waals surface area contributed by atoms with E-state index in [1.54, 1.807) is 0 Å². The van der Waals surface area contributed by atoms with Crippen molar-refractivity contribution >= 4 is 6.16 Å². The Bertz CT molecular complexity index is 663. The van der Waals surface area contributed by atoms with Crippen molar-refractivity contribution in [1.82, 2.24) is 0 Å². The maximum atomic E-state index is 12.2. The second kappa shape index (κ2) is 11.0. The van der Waals surface area contributed by atoms with Crippen molar-refractivity contribution in [2.24, 2.45) is 0 Å². The van der Waals surface area contributed by atoms with Crippen molar-refractivity contribution in [3.63, 3.8) is 0 Å². The van der Waals surface area contributed by atoms with Crippen molar-refractivity contribution < 1.29 is 44.2 Å². The van der Waals surface area contributed by atoms with E-state index in [1.165, 1.54) is 0 Å². The molecular formula is C21H32O9. The van der Waals surface area contributed by atoms with E-state index in [4.69, 9.17) is 18.9 Å². The van der Waals surface area contributed by atoms with E-state index in [2.05, 4.69) is 0 Å². The highest BCUT2D eigenvalue weighted by atomic mass is 16.7. The average molecular weight is 428 g/mol. The normalized spacial score (nSPS) is 26.8. The largest absolute Gasteiger partial charge is 0.513 e. The number of para-hydroxylation sites is 1. The van der Waals surface area contributed by atoms with Gasteiger partial charge in [0, 0.05) is 0 Å². The Morgan fingerprint density at radius 1 is 1.00 bits per heavy atom. The first-order valence-corrected chi connectivity index (χ1v) is 10.1. The number of carbonyl (C=O) groups excluding carboxylic acids is 1. The lowest BCUT2D eigenvalue weighted by atomic mass is 9.94. The van der Waals surface area contributed by atoms with Crippen LogP contribution in [-0.2, 0) is 14.2 Å². The lowest BCUT2D eigenvalue weighted by molar-refractivity contribution is -0.302. The van der Waals surface area contributed by atoms with E-state index in [0.717, 1.165) is 11.1 Å². The summed E-state index contributed by atoms with van der Waals surface area (Å²) in [6.45, 7) is 7.13. The minimum absolute atomic E-state index is 0.152. The van der Waals surface area contributed by atoms with Gasteiger partial charge in [0.2, 0.25) is 0 Å². The van der Waals surface area contributed by atoms with Crippen molar-refractivity contribution in [3.05, 3.63) is 29.3 Å². The van der Waals surface area contributed by atoms with Gasteiger partial charge in [-0.2, -0.15) is 0 Å². The van der Waals surface area contributed by atoms with Crippen molar-refractivity contribution in [2.45, 2.75) is 70.2 Å². The molecule has 0 amide bonds. The summed E-state index contributed by atoms with van der Waals surface area (Å²) < 4.78 is 21.0. The van der Waals surface area contributed by atoms with Gasteiger partial charge >= 0.3 is 6.16 Å². The minimum atomic E-state index is -1.53. The van der Waals surface area contributed by atoms with Gasteiger partial charge in [0.05, 0.1) is 13.2 Å². The summed E-state index contributed by atoms with van der Waals surface area (Å²) in [4.78, 5) is 12.2. The van der Waals surface area contributed by atoms with Crippen LogP contribution in [0.5, 0.6) is 5.75 Å². The van der Waals surface area contributed by atoms with E-state index < -0.39 is 43.5 Å². The summed E-state index contributed by atoms with van der Waals surface area (Å²) in [5, 5.41) is 38.6. The Kier molecular flexibility index (Phi) is 9.02. The maximum absolute atomic E-state index is 12.2. The van der Waals surface area contributed by atoms with Crippen LogP contribution in [0.3, 0.4) is 0 Å². The molecule has 1 saturated heterocycles. The predicted molar refractivity (Wildman–Crippen MR) is 106 cm³/mol. The number of hydrogen-bond donors (Lipinski definition) is 4. The van der Waals surface area contributed by atoms with Gasteiger partial charge in [0.1, 0.15) is 36.8 Å². The predicted octanol–water partition coefficient (Wildman–Crippen LogP) is 1.27. The Morgan fingerprint density at radius 2 is 1.60 bits per heavy atom. The van der Waals surface area contributed by atoms with Crippen LogP contribution in [0.15, 0.2) is 18.2 Å². The average Bonchev–Trinajstić information content (AvgIpc) is 2.70. The second-order valence-electron chi connectivity index (χ2n) is 7.84. The minimum Gasteiger partial charge on any atom is -0.432 e. The third-order valence-electron chi connectivity index (χ3n) is 4.94. The van der Waals surface area contributed by atoms with Crippen LogP contribution in [0.2, 0.25) is 0 Å². The molecule has 170 valence electrons. The molecule has 0 bridgehead atoms. The van der Waals surface area contributed by atoms with Gasteiger partial charge < -0.3 is 39.4 Å². The van der Waals surface area contributed by atoms with E-state index >= 15 is 0 Å². The molecule has 1 heterocycles. The number of aliphatic hydroxyl groups excluding tert-OH is 4. The molecule has 5 atom stereocenters. The summed E-state index contributed by atoms with van der Waals surface area (Å²) in [5.41, 5.74) is 1.80. The molecule has 30 heavy (non-hydrogen) atoms. The molecule has 1 aliphatic heterocycles. The van der Waals surface area contributed by atoms with E-state index in [9.17, 15) is 25.2 Å². The van der Waals surface area contributed by atoms with Gasteiger partial charge in [-0.15, -0.1) is 0 Å². The number of benzene rings is 1. The topological polar surface area (TPSA) is 135 Å². The number of rotatable bonds is 8. The Morgan fingerprint density at radius 3 is 2.13 bits per heavy atom. The maximum Gasteiger partial charge on any atom is 0.513 e. The van der Waals surface area contributed by atoms with E-state index in [1.807, 2.05) is 45.9 Å². The van der Waals surface area contributed by atoms with Crippen molar-refractivity contribution in [3.8, 4) is 5.75 Å². The molecule has 1 aromatic rings. The quantitative estimate of drug-likeness (QED) is 0.274. The zero-order valence-corrected chi connectivity index (χ0v) is 17.7. The lowest BCUT2D eigenvalue weighted by Crippen LogP contribution is -2.59. The van der Waals surface area contributed by atoms with Crippen LogP contribution < -0.4 is 4.74 Å². The Hall–Kier alpha value is -1.75. The van der Waals surface area contributed by atoms with Gasteiger partial charge in [-0.3, -0.25) is 0 Å². The van der Waals surface area contributed by atoms with Crippen LogP contribution in [0.1, 0.15) is 50.7 Å². The second-order valence-corrected chi connectivity index (χ2v) is 7.84. The molecule has 0 aromatic heterocycles. The SMILES string of the molecule is CC(C)c1cccc(C(C)C)c1OC(=O)OCCOC1OC(CO)[C@@H](O)C(O)[C@H]1O. The monoisotopic (exact) mass is 428 g/mol. The summed E-state index contributed by atoms with van der Waals surface area (Å²) in [7, 11) is 0. The summed E-state index contributed by atoms with van der Waals surface area (Å²) >= 11 is 0. The van der Waals surface area contributed by atoms with E-state index in [0.29, 0.717) is 5.75 Å². The van der Waals surface area contributed by atoms with Gasteiger partial charge in [-0.25, -0.2) is 4.79 Å². The first-order valence-electron chi connectivity index (χ1n) is 10.1. The van der Waals surface area contributed by atoms with Gasteiger partial charge in [0.25, 0.3) is 0 Å². The molecule has 1 fully saturated rings. The fourth-order valence-corrected chi connectivity index (χ4v) is 3.21. The molecule has 9 heteroatoms. The molecule has 0 spiro atoms. The molecule has 0 aliphatic carbocycles. The highest BCUT2D eigenvalue weighted by Crippen LogP contribution is 2.34. The van der Waals surface area contributed by atoms with Gasteiger partial charge in [0.15, 0.2) is 6.29 Å². The van der Waals surface area contributed by atoms with Crippen LogP contribution in [0.25, 0.3) is 0 Å². The molecule has 2 rings (SSSR count). The molecule has 3 unspecified atom stereocenters. The van der Waals surface area contributed by atoms with Crippen LogP contribution in [0, 0.1) is 0 Å². The smallest absolute Gasteiger partial charge is 0.432 e. The third kappa shape index (κ3) is 5.90. The molecule has 4 N–H and O–H groups in total. The number of aliphatic hydroxyl groups is 4. The lowest BCUT2D eigenvalue weighted by Gasteiger charge is -2.39. The van der Waals surface area contributed by atoms with E-state index in [-0.39, 0.29) is 25.0 Å². The van der Waals surface area contributed by atoms with Crippen LogP contribution in [-0.4, -0.2) is 77.1 Å². The highest BCUT2D eigenvalue weighted by molar-refractivity contribution is 5.66. The Balaban J connectivity index is 1.89. The first kappa shape index (κ1) is 24.5. The molecule has 1 aliphatic rings. The molecule has 0 radical (unpaired) electrons. The van der Waals surface area contributed by atoms with Crippen molar-refractivity contribution in [1.29, 1.82) is 0 Å². The zero-order valence-electron chi connectivity index (χ0n) is 17.7. The van der Waals surface area contributed by atoms with Crippen molar-refractivity contribution in [2.75, 3.05) is 19.8 Å². The molecule has 0 saturated carbocycles. The van der Waals surface area contributed by atoms with Gasteiger partial charge in [-0.05, 0) is 23.0 Å². The Labute approximate surface area is 176 Å². The first-order chi connectivity index (χ1) is 14.2.